The number of aromatic nitrogens is 3. The summed E-state index contributed by atoms with van der Waals surface area (Å²) in [5.41, 5.74) is 1.43. The summed E-state index contributed by atoms with van der Waals surface area (Å²) in [5.74, 6) is -0.848. The van der Waals surface area contributed by atoms with Gasteiger partial charge in [0.1, 0.15) is 0 Å². The SMILES string of the molecule is CNC(=O)c1nc(CC(=O)Nc2cccc3ncccc23)no1. The van der Waals surface area contributed by atoms with Crippen LogP contribution in [0.15, 0.2) is 41.1 Å². The molecule has 0 unspecified atom stereocenters. The molecule has 2 N–H and O–H groups in total. The molecule has 0 aliphatic carbocycles. The summed E-state index contributed by atoms with van der Waals surface area (Å²) >= 11 is 0. The number of anilines is 1. The van der Waals surface area contributed by atoms with Gasteiger partial charge in [-0.3, -0.25) is 14.6 Å². The number of benzene rings is 1. The van der Waals surface area contributed by atoms with Gasteiger partial charge in [0.05, 0.1) is 17.6 Å². The summed E-state index contributed by atoms with van der Waals surface area (Å²) in [6.45, 7) is 0. The minimum Gasteiger partial charge on any atom is -0.351 e. The molecule has 3 aromatic rings. The van der Waals surface area contributed by atoms with Crippen LogP contribution in [0.25, 0.3) is 10.9 Å². The van der Waals surface area contributed by atoms with Crippen LogP contribution in [0.5, 0.6) is 0 Å². The van der Waals surface area contributed by atoms with E-state index in [1.807, 2.05) is 18.2 Å². The van der Waals surface area contributed by atoms with Crippen LogP contribution in [0.1, 0.15) is 16.5 Å². The molecule has 0 bridgehead atoms. The molecular formula is C15H13N5O3. The molecule has 23 heavy (non-hydrogen) atoms. The number of fused-ring (bicyclic) bond motifs is 1. The zero-order valence-electron chi connectivity index (χ0n) is 12.2. The molecule has 8 nitrogen and oxygen atoms in total. The fourth-order valence-electron chi connectivity index (χ4n) is 2.08. The molecule has 3 rings (SSSR count). The molecule has 1 aromatic carbocycles. The second-order valence-corrected chi connectivity index (χ2v) is 4.70. The number of carbonyl (C=O) groups excluding carboxylic acids is 2. The lowest BCUT2D eigenvalue weighted by atomic mass is 10.2. The van der Waals surface area contributed by atoms with Crippen molar-refractivity contribution in [2.45, 2.75) is 6.42 Å². The van der Waals surface area contributed by atoms with Crippen molar-refractivity contribution < 1.29 is 14.1 Å². The lowest BCUT2D eigenvalue weighted by Crippen LogP contribution is -2.18. The fourth-order valence-corrected chi connectivity index (χ4v) is 2.08. The molecule has 0 saturated heterocycles. The maximum absolute atomic E-state index is 12.1. The van der Waals surface area contributed by atoms with Crippen LogP contribution < -0.4 is 10.6 Å². The molecule has 2 aromatic heterocycles. The van der Waals surface area contributed by atoms with Crippen molar-refractivity contribution in [1.82, 2.24) is 20.4 Å². The van der Waals surface area contributed by atoms with E-state index in [4.69, 9.17) is 4.52 Å². The summed E-state index contributed by atoms with van der Waals surface area (Å²) in [6, 6.07) is 9.12. The lowest BCUT2D eigenvalue weighted by Gasteiger charge is -2.07. The first-order chi connectivity index (χ1) is 11.2. The number of rotatable bonds is 4. The Morgan fingerprint density at radius 3 is 2.91 bits per heavy atom. The van der Waals surface area contributed by atoms with Gasteiger partial charge >= 0.3 is 11.8 Å². The second-order valence-electron chi connectivity index (χ2n) is 4.70. The van der Waals surface area contributed by atoms with E-state index in [-0.39, 0.29) is 24.0 Å². The molecule has 0 spiro atoms. The van der Waals surface area contributed by atoms with Crippen molar-refractivity contribution in [3.63, 3.8) is 0 Å². The van der Waals surface area contributed by atoms with Crippen molar-refractivity contribution in [2.24, 2.45) is 0 Å². The van der Waals surface area contributed by atoms with Gasteiger partial charge in [0.2, 0.25) is 5.91 Å². The van der Waals surface area contributed by atoms with Crippen LogP contribution in [0.3, 0.4) is 0 Å². The topological polar surface area (TPSA) is 110 Å². The number of pyridine rings is 1. The largest absolute Gasteiger partial charge is 0.351 e. The highest BCUT2D eigenvalue weighted by molar-refractivity contribution is 6.01. The lowest BCUT2D eigenvalue weighted by molar-refractivity contribution is -0.115. The molecule has 0 aliphatic rings. The normalized spacial score (nSPS) is 10.5. The maximum Gasteiger partial charge on any atom is 0.315 e. The van der Waals surface area contributed by atoms with E-state index in [0.29, 0.717) is 5.69 Å². The first kappa shape index (κ1) is 14.6. The van der Waals surface area contributed by atoms with Crippen LogP contribution in [0, 0.1) is 0 Å². The summed E-state index contributed by atoms with van der Waals surface area (Å²) in [5, 5.41) is 9.59. The molecule has 116 valence electrons. The van der Waals surface area contributed by atoms with E-state index in [9.17, 15) is 9.59 Å². The van der Waals surface area contributed by atoms with Crippen LogP contribution in [-0.4, -0.2) is 34.0 Å². The monoisotopic (exact) mass is 311 g/mol. The number of nitrogens with one attached hydrogen (secondary N) is 2. The molecule has 0 aliphatic heterocycles. The van der Waals surface area contributed by atoms with Crippen LogP contribution in [-0.2, 0) is 11.2 Å². The van der Waals surface area contributed by atoms with Gasteiger partial charge in [-0.1, -0.05) is 11.2 Å². The van der Waals surface area contributed by atoms with Gasteiger partial charge in [0.15, 0.2) is 5.82 Å². The summed E-state index contributed by atoms with van der Waals surface area (Å²) in [6.07, 6.45) is 1.59. The molecule has 8 heteroatoms. The Kier molecular flexibility index (Phi) is 3.96. The number of carbonyl (C=O) groups is 2. The van der Waals surface area contributed by atoms with Gasteiger partial charge in [0, 0.05) is 18.6 Å². The van der Waals surface area contributed by atoms with Gasteiger partial charge in [-0.25, -0.2) is 0 Å². The smallest absolute Gasteiger partial charge is 0.315 e. The van der Waals surface area contributed by atoms with Gasteiger partial charge in [0.25, 0.3) is 0 Å². The Balaban J connectivity index is 1.74. The van der Waals surface area contributed by atoms with Crippen molar-refractivity contribution in [1.29, 1.82) is 0 Å². The highest BCUT2D eigenvalue weighted by atomic mass is 16.5. The van der Waals surface area contributed by atoms with E-state index >= 15 is 0 Å². The van der Waals surface area contributed by atoms with E-state index in [2.05, 4.69) is 25.8 Å². The highest BCUT2D eigenvalue weighted by Crippen LogP contribution is 2.21. The number of amides is 2. The van der Waals surface area contributed by atoms with Gasteiger partial charge < -0.3 is 15.2 Å². The average molecular weight is 311 g/mol. The van der Waals surface area contributed by atoms with Crippen molar-refractivity contribution >= 4 is 28.4 Å². The third kappa shape index (κ3) is 3.15. The highest BCUT2D eigenvalue weighted by Gasteiger charge is 2.16. The minimum absolute atomic E-state index is 0.100. The summed E-state index contributed by atoms with van der Waals surface area (Å²) in [7, 11) is 1.45. The molecule has 0 saturated carbocycles. The first-order valence-corrected chi connectivity index (χ1v) is 6.85. The third-order valence-corrected chi connectivity index (χ3v) is 3.13. The standard InChI is InChI=1S/C15H13N5O3/c1-16-14(22)15-19-12(20-23-15)8-13(21)18-11-6-2-5-10-9(11)4-3-7-17-10/h2-7H,8H2,1H3,(H,16,22)(H,18,21). The molecule has 0 fully saturated rings. The Hall–Kier alpha value is -3.29. The fraction of sp³-hybridized carbons (Fsp3) is 0.133. The Morgan fingerprint density at radius 1 is 1.22 bits per heavy atom. The van der Waals surface area contributed by atoms with Crippen LogP contribution in [0.4, 0.5) is 5.69 Å². The van der Waals surface area contributed by atoms with Crippen LogP contribution >= 0.6 is 0 Å². The predicted molar refractivity (Wildman–Crippen MR) is 81.8 cm³/mol. The number of hydrogen-bond donors (Lipinski definition) is 2. The predicted octanol–water partition coefficient (Wildman–Crippen LogP) is 1.16. The quantitative estimate of drug-likeness (QED) is 0.748. The molecular weight excluding hydrogens is 298 g/mol. The Bertz CT molecular complexity index is 869. The van der Waals surface area contributed by atoms with Crippen molar-refractivity contribution in [3.8, 4) is 0 Å². The van der Waals surface area contributed by atoms with Crippen LogP contribution in [0.2, 0.25) is 0 Å². The maximum atomic E-state index is 12.1. The van der Waals surface area contributed by atoms with E-state index in [1.165, 1.54) is 7.05 Å². The minimum atomic E-state index is -0.496. The first-order valence-electron chi connectivity index (χ1n) is 6.85. The zero-order chi connectivity index (χ0) is 16.2. The molecule has 2 amide bonds. The summed E-state index contributed by atoms with van der Waals surface area (Å²) in [4.78, 5) is 31.5. The van der Waals surface area contributed by atoms with E-state index < -0.39 is 5.91 Å². The molecule has 2 heterocycles. The zero-order valence-corrected chi connectivity index (χ0v) is 12.2. The van der Waals surface area contributed by atoms with Crippen molar-refractivity contribution in [3.05, 3.63) is 48.2 Å². The summed E-state index contributed by atoms with van der Waals surface area (Å²) < 4.78 is 4.78. The third-order valence-electron chi connectivity index (χ3n) is 3.13. The van der Waals surface area contributed by atoms with Gasteiger partial charge in [-0.2, -0.15) is 4.98 Å². The number of nitrogens with zero attached hydrogens (tertiary/aromatic N) is 3. The van der Waals surface area contributed by atoms with Gasteiger partial charge in [-0.05, 0) is 24.3 Å². The average Bonchev–Trinajstić information content (AvgIpc) is 3.03. The molecule has 0 radical (unpaired) electrons. The van der Waals surface area contributed by atoms with Gasteiger partial charge in [-0.15, -0.1) is 0 Å². The Labute approximate surface area is 130 Å². The second kappa shape index (κ2) is 6.22. The van der Waals surface area contributed by atoms with Crippen molar-refractivity contribution in [2.75, 3.05) is 12.4 Å². The van der Waals surface area contributed by atoms with E-state index in [1.54, 1.807) is 18.3 Å². The number of hydrogen-bond acceptors (Lipinski definition) is 6. The molecule has 0 atom stereocenters. The van der Waals surface area contributed by atoms with E-state index in [0.717, 1.165) is 10.9 Å². The Morgan fingerprint density at radius 2 is 2.09 bits per heavy atom.